The summed E-state index contributed by atoms with van der Waals surface area (Å²) in [6, 6.07) is 5.23. The lowest BCUT2D eigenvalue weighted by molar-refractivity contribution is -0.384. The van der Waals surface area contributed by atoms with E-state index in [0.717, 1.165) is 28.0 Å². The number of nitrogens with one attached hydrogen (secondary N) is 1. The van der Waals surface area contributed by atoms with Gasteiger partial charge in [0.05, 0.1) is 4.92 Å². The van der Waals surface area contributed by atoms with E-state index in [4.69, 9.17) is 0 Å². The van der Waals surface area contributed by atoms with Crippen molar-refractivity contribution < 1.29 is 4.92 Å². The monoisotopic (exact) mass is 366 g/mol. The second-order valence-electron chi connectivity index (χ2n) is 3.40. The van der Waals surface area contributed by atoms with Gasteiger partial charge in [-0.2, -0.15) is 11.8 Å². The highest BCUT2D eigenvalue weighted by atomic mass is 127. The third-order valence-electron chi connectivity index (χ3n) is 2.14. The Morgan fingerprint density at radius 3 is 2.94 bits per heavy atom. The van der Waals surface area contributed by atoms with Gasteiger partial charge in [-0.05, 0) is 52.7 Å². The minimum absolute atomic E-state index is 0.153. The lowest BCUT2D eigenvalue weighted by atomic mass is 10.2. The highest BCUT2D eigenvalue weighted by Gasteiger charge is 2.13. The van der Waals surface area contributed by atoms with Gasteiger partial charge in [0.25, 0.3) is 5.69 Å². The van der Waals surface area contributed by atoms with E-state index in [9.17, 15) is 10.1 Å². The molecule has 0 fully saturated rings. The van der Waals surface area contributed by atoms with Crippen LogP contribution in [0.3, 0.4) is 0 Å². The zero-order valence-electron chi connectivity index (χ0n) is 9.61. The number of thioether (sulfide) groups is 1. The molecule has 0 saturated carbocycles. The number of nitro groups is 1. The molecule has 1 N–H and O–H groups in total. The molecule has 0 saturated heterocycles. The summed E-state index contributed by atoms with van der Waals surface area (Å²) in [5.74, 6) is 2.20. The molecule has 0 spiro atoms. The highest BCUT2D eigenvalue weighted by Crippen LogP contribution is 2.26. The molecule has 0 heterocycles. The first-order valence-corrected chi connectivity index (χ1v) is 7.64. The van der Waals surface area contributed by atoms with Gasteiger partial charge in [0.15, 0.2) is 0 Å². The molecule has 0 aliphatic rings. The molecule has 0 aromatic heterocycles. The molecule has 1 rings (SSSR count). The normalized spacial score (nSPS) is 10.2. The van der Waals surface area contributed by atoms with Gasteiger partial charge in [-0.1, -0.05) is 6.92 Å². The minimum atomic E-state index is -0.342. The Bertz CT molecular complexity index is 388. The van der Waals surface area contributed by atoms with Crippen LogP contribution in [-0.4, -0.2) is 23.0 Å². The number of hydrogen-bond acceptors (Lipinski definition) is 4. The van der Waals surface area contributed by atoms with Gasteiger partial charge in [-0.25, -0.2) is 0 Å². The molecule has 4 nitrogen and oxygen atoms in total. The van der Waals surface area contributed by atoms with Crippen LogP contribution in [0.25, 0.3) is 0 Å². The Kier molecular flexibility index (Phi) is 6.64. The maximum Gasteiger partial charge on any atom is 0.293 e. The predicted molar refractivity (Wildman–Crippen MR) is 81.9 cm³/mol. The van der Waals surface area contributed by atoms with Gasteiger partial charge in [0.2, 0.25) is 0 Å². The van der Waals surface area contributed by atoms with E-state index in [1.165, 1.54) is 0 Å². The summed E-state index contributed by atoms with van der Waals surface area (Å²) in [5.41, 5.74) is 0.761. The van der Waals surface area contributed by atoms with Crippen LogP contribution in [0, 0.1) is 13.7 Å². The van der Waals surface area contributed by atoms with Crippen LogP contribution in [0.5, 0.6) is 0 Å². The van der Waals surface area contributed by atoms with Crippen LogP contribution in [0.2, 0.25) is 0 Å². The smallest absolute Gasteiger partial charge is 0.293 e. The first-order valence-electron chi connectivity index (χ1n) is 5.40. The molecule has 0 aliphatic carbocycles. The Morgan fingerprint density at radius 2 is 2.29 bits per heavy atom. The molecule has 0 amide bonds. The van der Waals surface area contributed by atoms with E-state index in [1.807, 2.05) is 17.8 Å². The fourth-order valence-corrected chi connectivity index (χ4v) is 2.46. The number of anilines is 1. The largest absolute Gasteiger partial charge is 0.379 e. The Hall–Kier alpha value is -0.500. The molecule has 94 valence electrons. The van der Waals surface area contributed by atoms with Gasteiger partial charge < -0.3 is 5.32 Å². The van der Waals surface area contributed by atoms with Crippen molar-refractivity contribution in [2.24, 2.45) is 0 Å². The van der Waals surface area contributed by atoms with Crippen LogP contribution < -0.4 is 5.32 Å². The maximum absolute atomic E-state index is 10.9. The first kappa shape index (κ1) is 14.6. The second-order valence-corrected chi connectivity index (χ2v) is 6.04. The summed E-state index contributed by atoms with van der Waals surface area (Å²) in [7, 11) is 0. The van der Waals surface area contributed by atoms with Gasteiger partial charge >= 0.3 is 0 Å². The van der Waals surface area contributed by atoms with Crippen LogP contribution in [0.15, 0.2) is 18.2 Å². The zero-order chi connectivity index (χ0) is 12.7. The summed E-state index contributed by atoms with van der Waals surface area (Å²) < 4.78 is 0.876. The van der Waals surface area contributed by atoms with Crippen molar-refractivity contribution in [2.45, 2.75) is 13.3 Å². The van der Waals surface area contributed by atoms with Crippen LogP contribution >= 0.6 is 34.4 Å². The Labute approximate surface area is 119 Å². The third-order valence-corrected chi connectivity index (χ3v) is 3.80. The molecular weight excluding hydrogens is 351 g/mol. The summed E-state index contributed by atoms with van der Waals surface area (Å²) in [6.07, 6.45) is 1.02. The molecule has 0 bridgehead atoms. The van der Waals surface area contributed by atoms with Crippen LogP contribution in [0.1, 0.15) is 13.3 Å². The standard InChI is InChI=1S/C11H15IN2O2S/c1-2-17-7-3-6-13-10-5-4-9(12)8-11(10)14(15)16/h4-5,8,13H,2-3,6-7H2,1H3. The summed E-state index contributed by atoms with van der Waals surface area (Å²) in [6.45, 7) is 2.90. The van der Waals surface area contributed by atoms with Crippen molar-refractivity contribution in [3.05, 3.63) is 31.9 Å². The van der Waals surface area contributed by atoms with Gasteiger partial charge in [-0.15, -0.1) is 0 Å². The fraction of sp³-hybridized carbons (Fsp3) is 0.455. The molecule has 0 atom stereocenters. The van der Waals surface area contributed by atoms with Crippen molar-refractivity contribution in [2.75, 3.05) is 23.4 Å². The van der Waals surface area contributed by atoms with E-state index in [1.54, 1.807) is 12.1 Å². The molecular formula is C11H15IN2O2S. The van der Waals surface area contributed by atoms with E-state index in [-0.39, 0.29) is 10.6 Å². The summed E-state index contributed by atoms with van der Waals surface area (Å²) in [5, 5.41) is 14.0. The van der Waals surface area contributed by atoms with E-state index < -0.39 is 0 Å². The molecule has 17 heavy (non-hydrogen) atoms. The summed E-state index contributed by atoms with van der Waals surface area (Å²) in [4.78, 5) is 10.5. The first-order chi connectivity index (χ1) is 8.15. The third kappa shape index (κ3) is 5.12. The van der Waals surface area contributed by atoms with Gasteiger partial charge in [-0.3, -0.25) is 10.1 Å². The molecule has 6 heteroatoms. The predicted octanol–water partition coefficient (Wildman–Crippen LogP) is 3.75. The SMILES string of the molecule is CCSCCCNc1ccc(I)cc1[N+](=O)[O-]. The topological polar surface area (TPSA) is 55.2 Å². The maximum atomic E-state index is 10.9. The Balaban J connectivity index is 2.55. The average molecular weight is 366 g/mol. The molecule has 1 aromatic rings. The molecule has 0 radical (unpaired) electrons. The highest BCUT2D eigenvalue weighted by molar-refractivity contribution is 14.1. The van der Waals surface area contributed by atoms with Crippen molar-refractivity contribution in [3.63, 3.8) is 0 Å². The minimum Gasteiger partial charge on any atom is -0.379 e. The van der Waals surface area contributed by atoms with Crippen LogP contribution in [-0.2, 0) is 0 Å². The number of benzene rings is 1. The zero-order valence-corrected chi connectivity index (χ0v) is 12.6. The van der Waals surface area contributed by atoms with Crippen molar-refractivity contribution in [1.29, 1.82) is 0 Å². The Morgan fingerprint density at radius 1 is 1.53 bits per heavy atom. The van der Waals surface area contributed by atoms with Crippen molar-refractivity contribution in [1.82, 2.24) is 0 Å². The van der Waals surface area contributed by atoms with E-state index >= 15 is 0 Å². The van der Waals surface area contributed by atoms with E-state index in [0.29, 0.717) is 5.69 Å². The molecule has 0 aliphatic heterocycles. The molecule has 0 unspecified atom stereocenters. The van der Waals surface area contributed by atoms with Crippen molar-refractivity contribution >= 4 is 45.7 Å². The average Bonchev–Trinajstić information content (AvgIpc) is 2.30. The fourth-order valence-electron chi connectivity index (χ4n) is 1.35. The summed E-state index contributed by atoms with van der Waals surface area (Å²) >= 11 is 3.96. The number of nitrogens with zero attached hydrogens (tertiary/aromatic N) is 1. The quantitative estimate of drug-likeness (QED) is 0.346. The lowest BCUT2D eigenvalue weighted by Crippen LogP contribution is -2.05. The number of halogens is 1. The number of rotatable bonds is 7. The second kappa shape index (κ2) is 7.75. The molecule has 1 aromatic carbocycles. The number of nitro benzene ring substituents is 1. The van der Waals surface area contributed by atoms with Crippen molar-refractivity contribution in [3.8, 4) is 0 Å². The number of hydrogen-bond donors (Lipinski definition) is 1. The van der Waals surface area contributed by atoms with Crippen LogP contribution in [0.4, 0.5) is 11.4 Å². The van der Waals surface area contributed by atoms with E-state index in [2.05, 4.69) is 34.8 Å². The lowest BCUT2D eigenvalue weighted by Gasteiger charge is -2.07. The van der Waals surface area contributed by atoms with Gasteiger partial charge in [0.1, 0.15) is 5.69 Å². The van der Waals surface area contributed by atoms with Gasteiger partial charge in [0, 0.05) is 16.2 Å².